The summed E-state index contributed by atoms with van der Waals surface area (Å²) in [6.07, 6.45) is 0.699. The Morgan fingerprint density at radius 3 is 2.41 bits per heavy atom. The molecule has 3 rings (SSSR count). The first-order valence-corrected chi connectivity index (χ1v) is 10.8. The molecule has 2 heterocycles. The number of fused-ring (bicyclic) bond motifs is 1. The molecule has 0 spiro atoms. The molecule has 7 heteroatoms. The fourth-order valence-corrected chi connectivity index (χ4v) is 4.06. The number of amides is 2. The third kappa shape index (κ3) is 4.85. The SMILES string of the molecule is CC(C)C(=O)NCCCNC(=O)c1cc2c(C(C)C)nn(-c3ccccc3)c2s1. The fourth-order valence-electron chi connectivity index (χ4n) is 3.00. The molecule has 2 amide bonds. The van der Waals surface area contributed by atoms with Crippen LogP contribution in [0.3, 0.4) is 0 Å². The van der Waals surface area contributed by atoms with Crippen molar-refractivity contribution in [2.75, 3.05) is 13.1 Å². The van der Waals surface area contributed by atoms with Crippen LogP contribution in [0.5, 0.6) is 0 Å². The van der Waals surface area contributed by atoms with E-state index in [2.05, 4.69) is 24.5 Å². The van der Waals surface area contributed by atoms with E-state index in [9.17, 15) is 9.59 Å². The van der Waals surface area contributed by atoms with Crippen molar-refractivity contribution in [3.63, 3.8) is 0 Å². The number of aromatic nitrogens is 2. The van der Waals surface area contributed by atoms with Gasteiger partial charge in [-0.1, -0.05) is 45.9 Å². The molecule has 0 fully saturated rings. The third-order valence-corrected chi connectivity index (χ3v) is 5.73. The number of carbonyl (C=O) groups is 2. The summed E-state index contributed by atoms with van der Waals surface area (Å²) in [4.78, 5) is 25.8. The molecular formula is C22H28N4O2S. The molecule has 0 aliphatic carbocycles. The van der Waals surface area contributed by atoms with Crippen LogP contribution in [-0.2, 0) is 4.79 Å². The summed E-state index contributed by atoms with van der Waals surface area (Å²) in [6.45, 7) is 9.03. The second-order valence-corrected chi connectivity index (χ2v) is 8.70. The van der Waals surface area contributed by atoms with Gasteiger partial charge in [-0.25, -0.2) is 4.68 Å². The highest BCUT2D eigenvalue weighted by atomic mass is 32.1. The first kappa shape index (κ1) is 21.0. The molecule has 2 N–H and O–H groups in total. The van der Waals surface area contributed by atoms with E-state index in [1.165, 1.54) is 11.3 Å². The largest absolute Gasteiger partial charge is 0.356 e. The monoisotopic (exact) mass is 412 g/mol. The summed E-state index contributed by atoms with van der Waals surface area (Å²) >= 11 is 1.46. The normalized spacial score (nSPS) is 11.4. The van der Waals surface area contributed by atoms with E-state index < -0.39 is 0 Å². The Morgan fingerprint density at radius 2 is 1.76 bits per heavy atom. The molecule has 0 aliphatic heterocycles. The lowest BCUT2D eigenvalue weighted by atomic mass is 10.1. The molecule has 3 aromatic rings. The van der Waals surface area contributed by atoms with Crippen molar-refractivity contribution in [3.8, 4) is 5.69 Å². The first-order valence-electron chi connectivity index (χ1n) is 10.0. The molecule has 0 saturated heterocycles. The van der Waals surface area contributed by atoms with Gasteiger partial charge in [-0.15, -0.1) is 11.3 Å². The van der Waals surface area contributed by atoms with E-state index in [1.54, 1.807) is 0 Å². The van der Waals surface area contributed by atoms with Crippen molar-refractivity contribution < 1.29 is 9.59 Å². The van der Waals surface area contributed by atoms with E-state index in [-0.39, 0.29) is 23.7 Å². The highest BCUT2D eigenvalue weighted by Crippen LogP contribution is 2.33. The molecule has 6 nitrogen and oxygen atoms in total. The summed E-state index contributed by atoms with van der Waals surface area (Å²) in [7, 11) is 0. The first-order chi connectivity index (χ1) is 13.9. The van der Waals surface area contributed by atoms with Gasteiger partial charge in [-0.2, -0.15) is 5.10 Å². The van der Waals surface area contributed by atoms with Crippen LogP contribution >= 0.6 is 11.3 Å². The third-order valence-electron chi connectivity index (χ3n) is 4.62. The second-order valence-electron chi connectivity index (χ2n) is 7.67. The summed E-state index contributed by atoms with van der Waals surface area (Å²) in [6, 6.07) is 11.9. The van der Waals surface area contributed by atoms with Crippen molar-refractivity contribution >= 4 is 33.4 Å². The molecule has 0 radical (unpaired) electrons. The number of para-hydroxylation sites is 1. The molecule has 1 aromatic carbocycles. The summed E-state index contributed by atoms with van der Waals surface area (Å²) in [5.41, 5.74) is 1.98. The van der Waals surface area contributed by atoms with Crippen molar-refractivity contribution in [3.05, 3.63) is 47.0 Å². The van der Waals surface area contributed by atoms with Crippen molar-refractivity contribution in [1.29, 1.82) is 0 Å². The van der Waals surface area contributed by atoms with Gasteiger partial charge in [-0.05, 0) is 30.5 Å². The zero-order valence-electron chi connectivity index (χ0n) is 17.4. The Hall–Kier alpha value is -2.67. The quantitative estimate of drug-likeness (QED) is 0.547. The van der Waals surface area contributed by atoms with Crippen molar-refractivity contribution in [1.82, 2.24) is 20.4 Å². The Morgan fingerprint density at radius 1 is 1.07 bits per heavy atom. The molecule has 0 saturated carbocycles. The lowest BCUT2D eigenvalue weighted by Crippen LogP contribution is -2.31. The van der Waals surface area contributed by atoms with Crippen LogP contribution in [0.25, 0.3) is 15.9 Å². The number of thiophene rings is 1. The lowest BCUT2D eigenvalue weighted by Gasteiger charge is -2.08. The maximum Gasteiger partial charge on any atom is 0.261 e. The van der Waals surface area contributed by atoms with Gasteiger partial charge in [0.1, 0.15) is 4.83 Å². The second kappa shape index (κ2) is 9.22. The smallest absolute Gasteiger partial charge is 0.261 e. The maximum absolute atomic E-state index is 12.6. The number of rotatable bonds is 8. The van der Waals surface area contributed by atoms with Gasteiger partial charge >= 0.3 is 0 Å². The maximum atomic E-state index is 12.6. The zero-order chi connectivity index (χ0) is 21.0. The average Bonchev–Trinajstić information content (AvgIpc) is 3.27. The van der Waals surface area contributed by atoms with Gasteiger partial charge in [0.2, 0.25) is 5.91 Å². The van der Waals surface area contributed by atoms with Crippen molar-refractivity contribution in [2.24, 2.45) is 5.92 Å². The van der Waals surface area contributed by atoms with Crippen molar-refractivity contribution in [2.45, 2.75) is 40.0 Å². The van der Waals surface area contributed by atoms with Gasteiger partial charge < -0.3 is 10.6 Å². The molecule has 0 atom stereocenters. The van der Waals surface area contributed by atoms with Crippen LogP contribution in [0.2, 0.25) is 0 Å². The molecule has 0 aliphatic rings. The van der Waals surface area contributed by atoms with E-state index in [0.29, 0.717) is 24.4 Å². The number of hydrogen-bond donors (Lipinski definition) is 2. The van der Waals surface area contributed by atoms with Crippen LogP contribution in [0.1, 0.15) is 55.4 Å². The summed E-state index contributed by atoms with van der Waals surface area (Å²) in [5, 5.41) is 11.6. The van der Waals surface area contributed by atoms with Gasteiger partial charge in [0.05, 0.1) is 16.3 Å². The molecular weight excluding hydrogens is 384 g/mol. The molecule has 0 unspecified atom stereocenters. The number of carbonyl (C=O) groups excluding carboxylic acids is 2. The topological polar surface area (TPSA) is 76.0 Å². The standard InChI is InChI=1S/C22H28N4O2S/c1-14(2)19-17-13-18(21(28)24-12-8-11-23-20(27)15(3)4)29-22(17)26(25-19)16-9-6-5-7-10-16/h5-7,9-10,13-15H,8,11-12H2,1-4H3,(H,23,27)(H,24,28). The minimum absolute atomic E-state index is 0.0255. The van der Waals surface area contributed by atoms with Gasteiger partial charge in [0.15, 0.2) is 0 Å². The molecule has 29 heavy (non-hydrogen) atoms. The molecule has 0 bridgehead atoms. The number of hydrogen-bond acceptors (Lipinski definition) is 4. The average molecular weight is 413 g/mol. The van der Waals surface area contributed by atoms with E-state index in [0.717, 1.165) is 21.6 Å². The Balaban J connectivity index is 1.72. The summed E-state index contributed by atoms with van der Waals surface area (Å²) < 4.78 is 1.92. The Labute approximate surface area is 175 Å². The van der Waals surface area contributed by atoms with E-state index in [4.69, 9.17) is 5.10 Å². The van der Waals surface area contributed by atoms with Crippen LogP contribution < -0.4 is 10.6 Å². The Kier molecular flexibility index (Phi) is 6.69. The number of nitrogens with zero attached hydrogens (tertiary/aromatic N) is 2. The highest BCUT2D eigenvalue weighted by Gasteiger charge is 2.20. The van der Waals surface area contributed by atoms with Gasteiger partial charge in [-0.3, -0.25) is 9.59 Å². The molecule has 2 aromatic heterocycles. The minimum atomic E-state index is -0.0873. The Bertz CT molecular complexity index is 989. The van der Waals surface area contributed by atoms with Gasteiger partial charge in [0.25, 0.3) is 5.91 Å². The van der Waals surface area contributed by atoms with Crippen LogP contribution in [-0.4, -0.2) is 34.7 Å². The zero-order valence-corrected chi connectivity index (χ0v) is 18.2. The predicted molar refractivity (Wildman–Crippen MR) is 118 cm³/mol. The van der Waals surface area contributed by atoms with Crippen LogP contribution in [0.4, 0.5) is 0 Å². The lowest BCUT2D eigenvalue weighted by molar-refractivity contribution is -0.123. The highest BCUT2D eigenvalue weighted by molar-refractivity contribution is 7.20. The fraction of sp³-hybridized carbons (Fsp3) is 0.409. The van der Waals surface area contributed by atoms with E-state index in [1.807, 2.05) is 54.9 Å². The minimum Gasteiger partial charge on any atom is -0.356 e. The van der Waals surface area contributed by atoms with Gasteiger partial charge in [0, 0.05) is 24.4 Å². The number of benzene rings is 1. The van der Waals surface area contributed by atoms with Crippen LogP contribution in [0, 0.1) is 5.92 Å². The predicted octanol–water partition coefficient (Wildman–Crippen LogP) is 4.10. The van der Waals surface area contributed by atoms with E-state index >= 15 is 0 Å². The van der Waals surface area contributed by atoms with Crippen LogP contribution in [0.15, 0.2) is 36.4 Å². The molecule has 154 valence electrons. The number of nitrogens with one attached hydrogen (secondary N) is 2. The summed E-state index contributed by atoms with van der Waals surface area (Å²) in [5.74, 6) is 0.184.